The van der Waals surface area contributed by atoms with Crippen molar-refractivity contribution >= 4 is 22.9 Å². The molecule has 1 saturated heterocycles. The number of benzene rings is 4. The zero-order valence-electron chi connectivity index (χ0n) is 28.3. The standard InChI is InChI=1S/C41H45N7O/c1-3-34(31-17-9-5-10-18-31)39(46(2)40(49)32-19-11-6-12-20-32)47-27-23-33(24-28-47)44-41-45-35-21-13-14-22-36(35)48(41)37(38-42-25-26-43-38)29-30-15-7-4-8-16-30/h4-22,25-26,33-34,37,39H,3,23-24,27-29H2,1-2H3,(H,42,43)(H,44,45). The Kier molecular flexibility index (Phi) is 9.84. The third kappa shape index (κ3) is 7.01. The van der Waals surface area contributed by atoms with Crippen molar-refractivity contribution in [2.45, 2.75) is 56.8 Å². The molecule has 250 valence electrons. The van der Waals surface area contributed by atoms with Crippen LogP contribution in [0.2, 0.25) is 0 Å². The summed E-state index contributed by atoms with van der Waals surface area (Å²) in [5, 5.41) is 3.88. The summed E-state index contributed by atoms with van der Waals surface area (Å²) in [4.78, 5) is 31.6. The Morgan fingerprint density at radius 1 is 0.898 bits per heavy atom. The highest BCUT2D eigenvalue weighted by atomic mass is 16.2. The molecular weight excluding hydrogens is 606 g/mol. The lowest BCUT2D eigenvalue weighted by Gasteiger charge is -2.45. The fourth-order valence-electron chi connectivity index (χ4n) is 7.55. The maximum absolute atomic E-state index is 13.9. The largest absolute Gasteiger partial charge is 0.353 e. The second-order valence-corrected chi connectivity index (χ2v) is 13.0. The first kappa shape index (κ1) is 32.3. The fourth-order valence-corrected chi connectivity index (χ4v) is 7.55. The Morgan fingerprint density at radius 2 is 1.55 bits per heavy atom. The van der Waals surface area contributed by atoms with Crippen molar-refractivity contribution < 1.29 is 4.79 Å². The number of hydrogen-bond acceptors (Lipinski definition) is 5. The quantitative estimate of drug-likeness (QED) is 0.141. The van der Waals surface area contributed by atoms with E-state index in [-0.39, 0.29) is 30.1 Å². The molecule has 0 aliphatic carbocycles. The van der Waals surface area contributed by atoms with Crippen molar-refractivity contribution in [2.24, 2.45) is 0 Å². The smallest absolute Gasteiger partial charge is 0.254 e. The Bertz CT molecular complexity index is 1920. The summed E-state index contributed by atoms with van der Waals surface area (Å²) >= 11 is 0. The summed E-state index contributed by atoms with van der Waals surface area (Å²) in [5.74, 6) is 2.00. The van der Waals surface area contributed by atoms with Crippen molar-refractivity contribution in [3.05, 3.63) is 150 Å². The molecule has 0 saturated carbocycles. The minimum Gasteiger partial charge on any atom is -0.353 e. The highest BCUT2D eigenvalue weighted by Crippen LogP contribution is 2.34. The predicted octanol–water partition coefficient (Wildman–Crippen LogP) is 7.76. The summed E-state index contributed by atoms with van der Waals surface area (Å²) < 4.78 is 2.32. The minimum atomic E-state index is -0.0696. The predicted molar refractivity (Wildman–Crippen MR) is 197 cm³/mol. The molecule has 1 aliphatic heterocycles. The highest BCUT2D eigenvalue weighted by Gasteiger charge is 2.36. The lowest BCUT2D eigenvalue weighted by atomic mass is 9.90. The van der Waals surface area contributed by atoms with Crippen molar-refractivity contribution in [1.82, 2.24) is 29.3 Å². The van der Waals surface area contributed by atoms with Crippen LogP contribution in [-0.4, -0.2) is 67.6 Å². The van der Waals surface area contributed by atoms with Crippen molar-refractivity contribution in [3.8, 4) is 0 Å². The molecule has 1 aliphatic rings. The van der Waals surface area contributed by atoms with E-state index in [1.54, 1.807) is 0 Å². The lowest BCUT2D eigenvalue weighted by molar-refractivity contribution is 0.0200. The zero-order valence-corrected chi connectivity index (χ0v) is 28.3. The number of aromatic amines is 1. The summed E-state index contributed by atoms with van der Waals surface area (Å²) in [7, 11) is 1.97. The number of rotatable bonds is 12. The maximum Gasteiger partial charge on any atom is 0.254 e. The van der Waals surface area contributed by atoms with Gasteiger partial charge in [-0.15, -0.1) is 0 Å². The van der Waals surface area contributed by atoms with E-state index < -0.39 is 0 Å². The SMILES string of the molecule is CCC(c1ccccc1)C(N1CCC(Nc2nc3ccccc3n2C(Cc2ccccc2)c2ncc[nH]2)CC1)N(C)C(=O)c1ccccc1. The third-order valence-electron chi connectivity index (χ3n) is 10.0. The van der Waals surface area contributed by atoms with Crippen LogP contribution in [0, 0.1) is 0 Å². The number of likely N-dealkylation sites (N-methyl/N-ethyl adjacent to an activating group) is 1. The highest BCUT2D eigenvalue weighted by molar-refractivity contribution is 5.94. The van der Waals surface area contributed by atoms with Crippen LogP contribution in [0.15, 0.2) is 128 Å². The Morgan fingerprint density at radius 3 is 2.22 bits per heavy atom. The van der Waals surface area contributed by atoms with Crippen LogP contribution in [0.4, 0.5) is 5.95 Å². The number of amides is 1. The number of H-pyrrole nitrogens is 1. The number of para-hydroxylation sites is 2. The molecule has 0 spiro atoms. The van der Waals surface area contributed by atoms with Crippen molar-refractivity contribution in [3.63, 3.8) is 0 Å². The number of aromatic nitrogens is 4. The van der Waals surface area contributed by atoms with E-state index in [0.29, 0.717) is 0 Å². The molecule has 3 atom stereocenters. The molecule has 2 N–H and O–H groups in total. The molecular formula is C41H45N7O. The summed E-state index contributed by atoms with van der Waals surface area (Å²) in [6, 6.07) is 39.4. The van der Waals surface area contributed by atoms with E-state index >= 15 is 0 Å². The van der Waals surface area contributed by atoms with Gasteiger partial charge in [0.25, 0.3) is 5.91 Å². The number of likely N-dealkylation sites (tertiary alicyclic amines) is 1. The topological polar surface area (TPSA) is 82.1 Å². The van der Waals surface area contributed by atoms with Gasteiger partial charge in [-0.25, -0.2) is 9.97 Å². The van der Waals surface area contributed by atoms with E-state index in [1.807, 2.05) is 60.7 Å². The van der Waals surface area contributed by atoms with E-state index in [4.69, 9.17) is 9.97 Å². The number of piperidine rings is 1. The zero-order chi connectivity index (χ0) is 33.6. The van der Waals surface area contributed by atoms with Gasteiger partial charge in [0.2, 0.25) is 5.95 Å². The molecule has 49 heavy (non-hydrogen) atoms. The van der Waals surface area contributed by atoms with Crippen LogP contribution in [0.5, 0.6) is 0 Å². The molecule has 3 heterocycles. The molecule has 1 fully saturated rings. The molecule has 7 rings (SSSR count). The molecule has 0 radical (unpaired) electrons. The lowest BCUT2D eigenvalue weighted by Crippen LogP contribution is -2.55. The monoisotopic (exact) mass is 651 g/mol. The van der Waals surface area contributed by atoms with Crippen LogP contribution in [0.25, 0.3) is 11.0 Å². The third-order valence-corrected chi connectivity index (χ3v) is 10.0. The van der Waals surface area contributed by atoms with Gasteiger partial charge in [-0.1, -0.05) is 97.9 Å². The molecule has 1 amide bonds. The average Bonchev–Trinajstić information content (AvgIpc) is 3.82. The van der Waals surface area contributed by atoms with Gasteiger partial charge in [0.1, 0.15) is 5.82 Å². The van der Waals surface area contributed by atoms with Crippen molar-refractivity contribution in [1.29, 1.82) is 0 Å². The number of fused-ring (bicyclic) bond motifs is 1. The molecule has 4 aromatic carbocycles. The van der Waals surface area contributed by atoms with Gasteiger partial charge in [-0.3, -0.25) is 14.3 Å². The number of anilines is 1. The van der Waals surface area contributed by atoms with Crippen LogP contribution < -0.4 is 5.32 Å². The van der Waals surface area contributed by atoms with E-state index in [9.17, 15) is 4.79 Å². The van der Waals surface area contributed by atoms with E-state index in [1.165, 1.54) is 11.1 Å². The molecule has 8 nitrogen and oxygen atoms in total. The summed E-state index contributed by atoms with van der Waals surface area (Å²) in [6.45, 7) is 3.96. The molecule has 3 unspecified atom stereocenters. The van der Waals surface area contributed by atoms with Crippen LogP contribution in [0.3, 0.4) is 0 Å². The molecule has 8 heteroatoms. The first-order chi connectivity index (χ1) is 24.1. The number of carbonyl (C=O) groups excluding carboxylic acids is 1. The van der Waals surface area contributed by atoms with E-state index in [2.05, 4.69) is 106 Å². The van der Waals surface area contributed by atoms with Crippen LogP contribution in [-0.2, 0) is 6.42 Å². The van der Waals surface area contributed by atoms with Gasteiger partial charge in [-0.05, 0) is 54.7 Å². The molecule has 6 aromatic rings. The Balaban J connectivity index is 1.15. The average molecular weight is 652 g/mol. The molecule has 2 aromatic heterocycles. The van der Waals surface area contributed by atoms with Gasteiger partial charge in [0.05, 0.1) is 23.2 Å². The summed E-state index contributed by atoms with van der Waals surface area (Å²) in [6.07, 6.45) is 7.22. The Hall–Kier alpha value is -5.21. The second kappa shape index (κ2) is 14.9. The number of imidazole rings is 2. The number of nitrogens with one attached hydrogen (secondary N) is 2. The van der Waals surface area contributed by atoms with Crippen molar-refractivity contribution in [2.75, 3.05) is 25.5 Å². The van der Waals surface area contributed by atoms with Gasteiger partial charge in [-0.2, -0.15) is 0 Å². The normalized spacial score (nSPS) is 15.9. The minimum absolute atomic E-state index is 0.0522. The van der Waals surface area contributed by atoms with Gasteiger partial charge >= 0.3 is 0 Å². The first-order valence-electron chi connectivity index (χ1n) is 17.5. The van der Waals surface area contributed by atoms with Gasteiger partial charge in [0.15, 0.2) is 0 Å². The van der Waals surface area contributed by atoms with E-state index in [0.717, 1.165) is 67.1 Å². The fraction of sp³-hybridized carbons (Fsp3) is 0.293. The Labute approximate surface area is 288 Å². The summed E-state index contributed by atoms with van der Waals surface area (Å²) in [5.41, 5.74) is 5.26. The maximum atomic E-state index is 13.9. The number of carbonyl (C=O) groups is 1. The number of nitrogens with zero attached hydrogens (tertiary/aromatic N) is 5. The first-order valence-corrected chi connectivity index (χ1v) is 17.5. The van der Waals surface area contributed by atoms with Gasteiger partial charge in [0, 0.05) is 56.5 Å². The van der Waals surface area contributed by atoms with Crippen LogP contribution >= 0.6 is 0 Å². The molecule has 0 bridgehead atoms. The van der Waals surface area contributed by atoms with Gasteiger partial charge < -0.3 is 15.2 Å². The second-order valence-electron chi connectivity index (χ2n) is 13.0. The van der Waals surface area contributed by atoms with Crippen LogP contribution in [0.1, 0.15) is 65.5 Å². The number of hydrogen-bond donors (Lipinski definition) is 2.